The summed E-state index contributed by atoms with van der Waals surface area (Å²) >= 11 is 0. The first-order valence-corrected chi connectivity index (χ1v) is 19.2. The lowest BCUT2D eigenvalue weighted by Gasteiger charge is -2.29. The van der Waals surface area contributed by atoms with Gasteiger partial charge in [-0.25, -0.2) is 0 Å². The maximum atomic E-state index is 2.45. The minimum Gasteiger partial charge on any atom is -0.310 e. The third-order valence-corrected chi connectivity index (χ3v) is 11.8. The first kappa shape index (κ1) is 33.6. The van der Waals surface area contributed by atoms with Gasteiger partial charge in [-0.1, -0.05) is 172 Å². The number of anilines is 3. The van der Waals surface area contributed by atoms with Crippen LogP contribution in [0.1, 0.15) is 48.9 Å². The molecule has 54 heavy (non-hydrogen) atoms. The molecule has 0 aliphatic heterocycles. The van der Waals surface area contributed by atoms with Crippen LogP contribution in [0.15, 0.2) is 188 Å². The molecule has 0 spiro atoms. The quantitative estimate of drug-likeness (QED) is 0.160. The zero-order valence-electron chi connectivity index (χ0n) is 31.5. The van der Waals surface area contributed by atoms with Crippen LogP contribution in [0.5, 0.6) is 0 Å². The van der Waals surface area contributed by atoms with Crippen molar-refractivity contribution in [2.24, 2.45) is 5.92 Å². The van der Waals surface area contributed by atoms with Crippen LogP contribution < -0.4 is 4.90 Å². The summed E-state index contributed by atoms with van der Waals surface area (Å²) in [7, 11) is 0. The molecule has 2 aliphatic rings. The lowest BCUT2D eigenvalue weighted by molar-refractivity contribution is 0.632. The van der Waals surface area contributed by atoms with Gasteiger partial charge in [0.05, 0.1) is 5.69 Å². The largest absolute Gasteiger partial charge is 0.310 e. The van der Waals surface area contributed by atoms with Crippen LogP contribution in [-0.2, 0) is 5.41 Å². The Morgan fingerprint density at radius 3 is 1.67 bits per heavy atom. The average molecular weight is 696 g/mol. The summed E-state index contributed by atoms with van der Waals surface area (Å²) in [6.45, 7) is 9.30. The number of hydrogen-bond acceptors (Lipinski definition) is 1. The van der Waals surface area contributed by atoms with Gasteiger partial charge < -0.3 is 4.90 Å². The second-order valence-corrected chi connectivity index (χ2v) is 15.5. The molecule has 0 heterocycles. The maximum Gasteiger partial charge on any atom is 0.0543 e. The number of fused-ring (bicyclic) bond motifs is 3. The molecule has 0 saturated heterocycles. The van der Waals surface area contributed by atoms with Crippen LogP contribution in [0, 0.1) is 12.8 Å². The van der Waals surface area contributed by atoms with Gasteiger partial charge in [0.2, 0.25) is 0 Å². The van der Waals surface area contributed by atoms with Gasteiger partial charge in [-0.2, -0.15) is 0 Å². The molecule has 2 unspecified atom stereocenters. The number of benzene rings is 7. The number of aryl methyl sites for hydroxylation is 1. The second kappa shape index (κ2) is 13.7. The van der Waals surface area contributed by atoms with Crippen LogP contribution in [0.4, 0.5) is 17.1 Å². The Bertz CT molecular complexity index is 2520. The fourth-order valence-electron chi connectivity index (χ4n) is 8.71. The summed E-state index contributed by atoms with van der Waals surface area (Å²) in [6.07, 6.45) is 9.02. The standard InChI is InChI=1S/C53H45N/c1-36-14-11-12-19-46(36)48-34-42(23-22-37(48)2)41-26-31-45(32-27-41)54(44-29-24-40(25-30-44)38-15-7-5-8-16-38)51-21-13-20-49-52(51)47-33-28-43(35-50(47)53(49,3)4)39-17-9-6-10-18-39/h5-36,46H,1-4H3. The van der Waals surface area contributed by atoms with Crippen LogP contribution in [0.3, 0.4) is 0 Å². The molecule has 7 aromatic carbocycles. The summed E-state index contributed by atoms with van der Waals surface area (Å²) in [4.78, 5) is 2.45. The van der Waals surface area contributed by atoms with Gasteiger partial charge in [0.25, 0.3) is 0 Å². The van der Waals surface area contributed by atoms with Crippen LogP contribution in [0.25, 0.3) is 44.5 Å². The zero-order chi connectivity index (χ0) is 36.8. The smallest absolute Gasteiger partial charge is 0.0543 e. The highest BCUT2D eigenvalue weighted by Crippen LogP contribution is 2.55. The molecule has 1 nitrogen and oxygen atoms in total. The normalized spacial score (nSPS) is 16.5. The van der Waals surface area contributed by atoms with Crippen molar-refractivity contribution in [1.29, 1.82) is 0 Å². The molecule has 0 aromatic heterocycles. The van der Waals surface area contributed by atoms with Gasteiger partial charge in [-0.15, -0.1) is 0 Å². The predicted molar refractivity (Wildman–Crippen MR) is 230 cm³/mol. The summed E-state index contributed by atoms with van der Waals surface area (Å²) in [6, 6.07) is 60.5. The fourth-order valence-corrected chi connectivity index (χ4v) is 8.71. The van der Waals surface area contributed by atoms with E-state index in [0.29, 0.717) is 11.8 Å². The third kappa shape index (κ3) is 5.91. The van der Waals surface area contributed by atoms with Gasteiger partial charge in [0.15, 0.2) is 0 Å². The molecule has 0 amide bonds. The zero-order valence-corrected chi connectivity index (χ0v) is 31.5. The minimum atomic E-state index is -0.151. The summed E-state index contributed by atoms with van der Waals surface area (Å²) < 4.78 is 0. The van der Waals surface area contributed by atoms with Gasteiger partial charge >= 0.3 is 0 Å². The first-order valence-electron chi connectivity index (χ1n) is 19.2. The number of allylic oxidation sites excluding steroid dienone is 4. The number of hydrogen-bond donors (Lipinski definition) is 0. The average Bonchev–Trinajstić information content (AvgIpc) is 3.45. The van der Waals surface area contributed by atoms with Gasteiger partial charge in [0.1, 0.15) is 0 Å². The molecular formula is C53H45N. The van der Waals surface area contributed by atoms with Gasteiger partial charge in [-0.3, -0.25) is 0 Å². The summed E-state index contributed by atoms with van der Waals surface area (Å²) in [5.74, 6) is 0.862. The van der Waals surface area contributed by atoms with Crippen molar-refractivity contribution in [3.8, 4) is 44.5 Å². The number of nitrogens with zero attached hydrogens (tertiary/aromatic N) is 1. The lowest BCUT2D eigenvalue weighted by atomic mass is 9.81. The molecule has 2 aliphatic carbocycles. The molecule has 0 radical (unpaired) electrons. The van der Waals surface area contributed by atoms with Crippen molar-refractivity contribution in [3.05, 3.63) is 210 Å². The van der Waals surface area contributed by atoms with Crippen LogP contribution in [0.2, 0.25) is 0 Å². The molecule has 9 rings (SSSR count). The molecule has 0 N–H and O–H groups in total. The molecule has 262 valence electrons. The molecule has 0 bridgehead atoms. The third-order valence-electron chi connectivity index (χ3n) is 11.8. The minimum absolute atomic E-state index is 0.151. The Kier molecular flexibility index (Phi) is 8.51. The Morgan fingerprint density at radius 1 is 0.481 bits per heavy atom. The predicted octanol–water partition coefficient (Wildman–Crippen LogP) is 14.6. The van der Waals surface area contributed by atoms with Crippen molar-refractivity contribution in [2.75, 3.05) is 4.90 Å². The van der Waals surface area contributed by atoms with Gasteiger partial charge in [-0.05, 0) is 110 Å². The molecular weight excluding hydrogens is 651 g/mol. The van der Waals surface area contributed by atoms with Crippen molar-refractivity contribution >= 4 is 17.1 Å². The van der Waals surface area contributed by atoms with E-state index in [2.05, 4.69) is 221 Å². The SMILES string of the molecule is Cc1ccc(-c2ccc(N(c3ccc(-c4ccccc4)cc3)c3cccc4c3-c3ccc(-c5ccccc5)cc3C4(C)C)cc2)cc1C1C=CC=CC1C. The Balaban J connectivity index is 1.16. The summed E-state index contributed by atoms with van der Waals surface area (Å²) in [5.41, 5.74) is 18.8. The molecule has 2 atom stereocenters. The van der Waals surface area contributed by atoms with E-state index in [1.165, 1.54) is 72.4 Å². The molecule has 7 aromatic rings. The first-order chi connectivity index (χ1) is 26.4. The van der Waals surface area contributed by atoms with E-state index in [1.807, 2.05) is 0 Å². The van der Waals surface area contributed by atoms with E-state index in [9.17, 15) is 0 Å². The van der Waals surface area contributed by atoms with Gasteiger partial charge in [0, 0.05) is 28.3 Å². The Hall–Kier alpha value is -6.18. The number of rotatable bonds is 7. The van der Waals surface area contributed by atoms with Crippen molar-refractivity contribution < 1.29 is 0 Å². The van der Waals surface area contributed by atoms with Crippen molar-refractivity contribution in [3.63, 3.8) is 0 Å². The molecule has 0 saturated carbocycles. The second-order valence-electron chi connectivity index (χ2n) is 15.5. The van der Waals surface area contributed by atoms with Crippen LogP contribution in [-0.4, -0.2) is 0 Å². The van der Waals surface area contributed by atoms with E-state index < -0.39 is 0 Å². The highest BCUT2D eigenvalue weighted by atomic mass is 15.1. The van der Waals surface area contributed by atoms with Crippen LogP contribution >= 0.6 is 0 Å². The van der Waals surface area contributed by atoms with E-state index in [0.717, 1.165) is 11.4 Å². The Labute approximate surface area is 320 Å². The van der Waals surface area contributed by atoms with E-state index in [1.54, 1.807) is 0 Å². The van der Waals surface area contributed by atoms with Crippen molar-refractivity contribution in [2.45, 2.75) is 39.0 Å². The monoisotopic (exact) mass is 695 g/mol. The fraction of sp³-hybridized carbons (Fsp3) is 0.132. The Morgan fingerprint density at radius 2 is 1.02 bits per heavy atom. The molecule has 1 heteroatoms. The maximum absolute atomic E-state index is 2.45. The van der Waals surface area contributed by atoms with E-state index in [4.69, 9.17) is 0 Å². The van der Waals surface area contributed by atoms with Crippen molar-refractivity contribution in [1.82, 2.24) is 0 Å². The lowest BCUT2D eigenvalue weighted by Crippen LogP contribution is -2.16. The highest BCUT2D eigenvalue weighted by molar-refractivity contribution is 5.96. The topological polar surface area (TPSA) is 3.24 Å². The van der Waals surface area contributed by atoms with E-state index >= 15 is 0 Å². The molecule has 0 fully saturated rings. The highest BCUT2D eigenvalue weighted by Gasteiger charge is 2.38. The van der Waals surface area contributed by atoms with E-state index in [-0.39, 0.29) is 5.41 Å². The summed E-state index contributed by atoms with van der Waals surface area (Å²) in [5, 5.41) is 0.